The maximum Gasteiger partial charge on any atom is 0.311 e. The third-order valence-corrected chi connectivity index (χ3v) is 7.41. The number of nitrogens with one attached hydrogen (secondary N) is 1. The molecule has 1 N–H and O–H groups in total. The van der Waals surface area contributed by atoms with Crippen molar-refractivity contribution in [3.63, 3.8) is 0 Å². The van der Waals surface area contributed by atoms with Crippen LogP contribution in [0.3, 0.4) is 0 Å². The molecule has 0 spiro atoms. The minimum Gasteiger partial charge on any atom is -0.466 e. The van der Waals surface area contributed by atoms with E-state index in [4.69, 9.17) is 16.3 Å². The highest BCUT2D eigenvalue weighted by atomic mass is 127. The first-order valence-corrected chi connectivity index (χ1v) is 10.7. The fourth-order valence-electron chi connectivity index (χ4n) is 5.42. The van der Waals surface area contributed by atoms with Crippen molar-refractivity contribution < 1.29 is 9.53 Å². The zero-order valence-electron chi connectivity index (χ0n) is 14.4. The molecule has 2 heterocycles. The molecule has 0 aliphatic heterocycles. The minimum atomic E-state index is -0.0970. The van der Waals surface area contributed by atoms with Gasteiger partial charge in [-0.15, -0.1) is 5.10 Å². The molecule has 2 aromatic heterocycles. The Morgan fingerprint density at radius 1 is 1.35 bits per heavy atom. The summed E-state index contributed by atoms with van der Waals surface area (Å²) in [5, 5.41) is 8.07. The molecule has 26 heavy (non-hydrogen) atoms. The van der Waals surface area contributed by atoms with Crippen LogP contribution in [0.15, 0.2) is 12.1 Å². The minimum absolute atomic E-state index is 0.0545. The van der Waals surface area contributed by atoms with Gasteiger partial charge in [0.1, 0.15) is 9.22 Å². The third-order valence-electron chi connectivity index (χ3n) is 6.43. The molecule has 4 aliphatic rings. The molecule has 4 aliphatic carbocycles. The van der Waals surface area contributed by atoms with Crippen LogP contribution in [0.25, 0.3) is 5.52 Å². The van der Waals surface area contributed by atoms with Crippen LogP contribution in [0, 0.1) is 33.3 Å². The van der Waals surface area contributed by atoms with Gasteiger partial charge in [0.25, 0.3) is 0 Å². The normalized spacial score (nSPS) is 34.6. The molecule has 0 radical (unpaired) electrons. The lowest BCUT2D eigenvalue weighted by atomic mass is 9.61. The highest BCUT2D eigenvalue weighted by Crippen LogP contribution is 2.64. The van der Waals surface area contributed by atoms with Gasteiger partial charge in [0.15, 0.2) is 5.82 Å². The average Bonchev–Trinajstić information content (AvgIpc) is 3.36. The Labute approximate surface area is 170 Å². The lowest BCUT2D eigenvalue weighted by molar-refractivity contribution is -0.155. The monoisotopic (exact) mass is 486 g/mol. The number of esters is 1. The van der Waals surface area contributed by atoms with Gasteiger partial charge in [-0.2, -0.15) is 4.98 Å². The maximum atomic E-state index is 12.8. The number of rotatable bonds is 4. The number of carbonyl (C=O) groups excluding carboxylic acids is 1. The summed E-state index contributed by atoms with van der Waals surface area (Å²) in [4.78, 5) is 17.2. The number of ether oxygens (including phenoxy) is 1. The number of aromatic nitrogens is 3. The molecule has 2 unspecified atom stereocenters. The summed E-state index contributed by atoms with van der Waals surface area (Å²) in [5.74, 6) is 2.94. The topological polar surface area (TPSA) is 68.5 Å². The van der Waals surface area contributed by atoms with Crippen LogP contribution >= 0.6 is 34.2 Å². The molecular formula is C18H20ClIN4O2. The van der Waals surface area contributed by atoms with Gasteiger partial charge in [-0.1, -0.05) is 0 Å². The van der Waals surface area contributed by atoms with Crippen molar-refractivity contribution in [1.29, 1.82) is 0 Å². The summed E-state index contributed by atoms with van der Waals surface area (Å²) in [6.45, 7) is 2.30. The van der Waals surface area contributed by atoms with Gasteiger partial charge in [0.05, 0.1) is 12.5 Å². The van der Waals surface area contributed by atoms with E-state index in [2.05, 4.69) is 38.0 Å². The fraction of sp³-hybridized carbons (Fsp3) is 0.611. The van der Waals surface area contributed by atoms with Crippen molar-refractivity contribution >= 4 is 51.5 Å². The predicted octanol–water partition coefficient (Wildman–Crippen LogP) is 3.62. The van der Waals surface area contributed by atoms with Crippen LogP contribution in [0.4, 0.5) is 5.82 Å². The first-order chi connectivity index (χ1) is 12.6. The van der Waals surface area contributed by atoms with Crippen LogP contribution in [0.5, 0.6) is 0 Å². The Morgan fingerprint density at radius 3 is 2.92 bits per heavy atom. The standard InChI is InChI=1S/C18H20ClIN4O2/c1-2-26-17(25)14-8-3-4-9(11-7-10(8)11)15(14)21-16-12-5-6-13(20)24(12)23-18(19)22-16/h5-6,8-11,14-15H,2-4,7H2,1H3,(H,21,22,23)/t8-,9+,10?,11?,14+,15+/m0/s1. The van der Waals surface area contributed by atoms with E-state index in [0.717, 1.165) is 21.6 Å². The quantitative estimate of drug-likeness (QED) is 0.528. The molecule has 8 heteroatoms. The second-order valence-electron chi connectivity index (χ2n) is 7.60. The van der Waals surface area contributed by atoms with E-state index in [1.807, 2.05) is 19.1 Å². The van der Waals surface area contributed by atoms with Crippen LogP contribution in [-0.2, 0) is 9.53 Å². The van der Waals surface area contributed by atoms with Gasteiger partial charge >= 0.3 is 5.97 Å². The maximum absolute atomic E-state index is 12.8. The molecule has 0 amide bonds. The summed E-state index contributed by atoms with van der Waals surface area (Å²) in [7, 11) is 0. The van der Waals surface area contributed by atoms with Crippen molar-refractivity contribution in [3.8, 4) is 0 Å². The van der Waals surface area contributed by atoms with E-state index in [-0.39, 0.29) is 23.2 Å². The van der Waals surface area contributed by atoms with Crippen LogP contribution in [-0.4, -0.2) is 33.2 Å². The first-order valence-electron chi connectivity index (χ1n) is 9.22. The molecule has 6 atom stereocenters. The SMILES string of the molecule is CCOC(=O)[C@H]1[C@H](Nc2nc(Cl)nn3c(I)ccc23)[C@@H]2CC[C@H]1C1CC12. The number of halogens is 2. The Bertz CT molecular complexity index is 887. The Morgan fingerprint density at radius 2 is 2.12 bits per heavy atom. The second kappa shape index (κ2) is 6.22. The van der Waals surface area contributed by atoms with Gasteiger partial charge < -0.3 is 10.1 Å². The van der Waals surface area contributed by atoms with Crippen LogP contribution in [0.2, 0.25) is 5.28 Å². The number of anilines is 1. The smallest absolute Gasteiger partial charge is 0.311 e. The van der Waals surface area contributed by atoms with E-state index in [9.17, 15) is 4.79 Å². The lowest BCUT2D eigenvalue weighted by Crippen LogP contribution is -2.53. The van der Waals surface area contributed by atoms with Crippen LogP contribution < -0.4 is 5.32 Å². The summed E-state index contributed by atoms with van der Waals surface area (Å²) < 4.78 is 8.20. The van der Waals surface area contributed by atoms with Gasteiger partial charge in [0, 0.05) is 6.04 Å². The molecule has 6 rings (SSSR count). The third kappa shape index (κ3) is 2.53. The van der Waals surface area contributed by atoms with E-state index in [1.165, 1.54) is 12.8 Å². The molecule has 138 valence electrons. The average molecular weight is 487 g/mol. The van der Waals surface area contributed by atoms with E-state index < -0.39 is 0 Å². The molecule has 6 nitrogen and oxygen atoms in total. The molecule has 0 aromatic carbocycles. The van der Waals surface area contributed by atoms with Gasteiger partial charge in [-0.3, -0.25) is 4.79 Å². The van der Waals surface area contributed by atoms with Crippen LogP contribution in [0.1, 0.15) is 26.2 Å². The van der Waals surface area contributed by atoms with Gasteiger partial charge in [-0.05, 0) is 96.2 Å². The largest absolute Gasteiger partial charge is 0.466 e. The summed E-state index contributed by atoms with van der Waals surface area (Å²) >= 11 is 8.38. The van der Waals surface area contributed by atoms with Crippen molar-refractivity contribution in [3.05, 3.63) is 21.1 Å². The molecule has 4 fully saturated rings. The number of hydrogen-bond acceptors (Lipinski definition) is 5. The van der Waals surface area contributed by atoms with E-state index >= 15 is 0 Å². The highest BCUT2D eigenvalue weighted by Gasteiger charge is 2.63. The molecule has 0 saturated heterocycles. The number of hydrogen-bond donors (Lipinski definition) is 1. The van der Waals surface area contributed by atoms with Crippen molar-refractivity contribution in [2.75, 3.05) is 11.9 Å². The zero-order chi connectivity index (χ0) is 18.0. The predicted molar refractivity (Wildman–Crippen MR) is 106 cm³/mol. The van der Waals surface area contributed by atoms with E-state index in [0.29, 0.717) is 30.2 Å². The van der Waals surface area contributed by atoms with Crippen molar-refractivity contribution in [2.45, 2.75) is 32.2 Å². The van der Waals surface area contributed by atoms with Gasteiger partial charge in [0.2, 0.25) is 5.28 Å². The summed E-state index contributed by atoms with van der Waals surface area (Å²) in [5.41, 5.74) is 0.884. The number of carbonyl (C=O) groups is 1. The number of nitrogens with zero attached hydrogens (tertiary/aromatic N) is 3. The summed E-state index contributed by atoms with van der Waals surface area (Å²) in [6.07, 6.45) is 3.57. The Hall–Kier alpha value is -1.09. The Kier molecular flexibility index (Phi) is 4.08. The molecule has 2 aromatic rings. The van der Waals surface area contributed by atoms with Crippen molar-refractivity contribution in [1.82, 2.24) is 14.6 Å². The molecular weight excluding hydrogens is 467 g/mol. The van der Waals surface area contributed by atoms with E-state index in [1.54, 1.807) is 4.52 Å². The van der Waals surface area contributed by atoms with Gasteiger partial charge in [-0.25, -0.2) is 4.52 Å². The first kappa shape index (κ1) is 17.0. The van der Waals surface area contributed by atoms with Crippen molar-refractivity contribution in [2.24, 2.45) is 29.6 Å². The highest BCUT2D eigenvalue weighted by molar-refractivity contribution is 14.1. The Balaban J connectivity index is 1.53. The number of fused-ring (bicyclic) bond motifs is 3. The zero-order valence-corrected chi connectivity index (χ0v) is 17.3. The lowest BCUT2D eigenvalue weighted by Gasteiger charge is -2.47. The fourth-order valence-corrected chi connectivity index (χ4v) is 6.13. The second-order valence-corrected chi connectivity index (χ2v) is 9.04. The summed E-state index contributed by atoms with van der Waals surface area (Å²) in [6, 6.07) is 4.03. The molecule has 2 bridgehead atoms. The molecule has 4 saturated carbocycles.